The average Bonchev–Trinajstić information content (AvgIpc) is 3.68. The van der Waals surface area contributed by atoms with Crippen LogP contribution in [-0.4, -0.2) is 15.0 Å². The molecule has 0 aliphatic rings. The highest BCUT2D eigenvalue weighted by atomic mass is 16.3. The summed E-state index contributed by atoms with van der Waals surface area (Å²) in [6.07, 6.45) is 0. The summed E-state index contributed by atoms with van der Waals surface area (Å²) < 4.78 is 6.43. The van der Waals surface area contributed by atoms with Gasteiger partial charge in [0, 0.05) is 21.9 Å². The first-order valence-corrected chi connectivity index (χ1v) is 19.2. The van der Waals surface area contributed by atoms with E-state index in [1.165, 1.54) is 49.4 Å². The first-order valence-electron chi connectivity index (χ1n) is 19.2. The van der Waals surface area contributed by atoms with Crippen LogP contribution >= 0.6 is 0 Å². The molecule has 2 heterocycles. The van der Waals surface area contributed by atoms with Gasteiger partial charge in [0.1, 0.15) is 11.2 Å². The lowest BCUT2D eigenvalue weighted by molar-refractivity contribution is 0.669. The molecule has 0 aliphatic carbocycles. The minimum absolute atomic E-state index is 0.565. The molecular weight excluding hydrogens is 695 g/mol. The van der Waals surface area contributed by atoms with Gasteiger partial charge in [0.05, 0.1) is 5.56 Å². The van der Waals surface area contributed by atoms with Crippen LogP contribution in [0.3, 0.4) is 0 Å². The first kappa shape index (κ1) is 32.7. The maximum absolute atomic E-state index is 6.43. The quantitative estimate of drug-likeness (QED) is 0.171. The second kappa shape index (κ2) is 13.6. The van der Waals surface area contributed by atoms with Crippen LogP contribution in [0.2, 0.25) is 0 Å². The van der Waals surface area contributed by atoms with Gasteiger partial charge in [-0.25, -0.2) is 15.0 Å². The monoisotopic (exact) mass is 727 g/mol. The van der Waals surface area contributed by atoms with E-state index in [1.807, 2.05) is 60.7 Å². The predicted molar refractivity (Wildman–Crippen MR) is 235 cm³/mol. The topological polar surface area (TPSA) is 51.8 Å². The summed E-state index contributed by atoms with van der Waals surface area (Å²) in [4.78, 5) is 15.2. The van der Waals surface area contributed by atoms with Crippen LogP contribution in [0.1, 0.15) is 0 Å². The number of aromatic nitrogens is 3. The highest BCUT2D eigenvalue weighted by Gasteiger charge is 2.19. The van der Waals surface area contributed by atoms with E-state index in [4.69, 9.17) is 19.4 Å². The van der Waals surface area contributed by atoms with E-state index in [0.717, 1.165) is 44.2 Å². The molecule has 0 bridgehead atoms. The summed E-state index contributed by atoms with van der Waals surface area (Å²) in [5.74, 6) is 1.77. The number of benzene rings is 9. The number of fused-ring (bicyclic) bond motifs is 5. The zero-order valence-corrected chi connectivity index (χ0v) is 30.8. The number of para-hydroxylation sites is 2. The summed E-state index contributed by atoms with van der Waals surface area (Å²) in [6, 6.07) is 70.1. The Morgan fingerprint density at radius 1 is 0.281 bits per heavy atom. The van der Waals surface area contributed by atoms with E-state index in [1.54, 1.807) is 0 Å². The Bertz CT molecular complexity index is 3280. The van der Waals surface area contributed by atoms with Crippen LogP contribution in [0.15, 0.2) is 205 Å². The zero-order chi connectivity index (χ0) is 37.7. The fourth-order valence-corrected chi connectivity index (χ4v) is 8.26. The number of hydrogen-bond donors (Lipinski definition) is 0. The smallest absolute Gasteiger partial charge is 0.167 e. The normalized spacial score (nSPS) is 11.5. The summed E-state index contributed by atoms with van der Waals surface area (Å²) in [5, 5.41) is 6.94. The first-order chi connectivity index (χ1) is 28.3. The van der Waals surface area contributed by atoms with Gasteiger partial charge in [-0.3, -0.25) is 0 Å². The van der Waals surface area contributed by atoms with Gasteiger partial charge in [0.15, 0.2) is 17.5 Å². The van der Waals surface area contributed by atoms with Gasteiger partial charge in [0.25, 0.3) is 0 Å². The largest absolute Gasteiger partial charge is 0.455 e. The predicted octanol–water partition coefficient (Wildman–Crippen LogP) is 14.1. The van der Waals surface area contributed by atoms with Gasteiger partial charge in [-0.2, -0.15) is 0 Å². The minimum Gasteiger partial charge on any atom is -0.455 e. The molecule has 0 saturated heterocycles. The van der Waals surface area contributed by atoms with Gasteiger partial charge in [-0.1, -0.05) is 188 Å². The maximum Gasteiger partial charge on any atom is 0.167 e. The molecule has 266 valence electrons. The molecule has 11 rings (SSSR count). The molecular formula is C53H33N3O. The molecule has 0 spiro atoms. The highest BCUT2D eigenvalue weighted by Crippen LogP contribution is 2.43. The van der Waals surface area contributed by atoms with Crippen molar-refractivity contribution in [1.82, 2.24) is 15.0 Å². The van der Waals surface area contributed by atoms with E-state index < -0.39 is 0 Å². The van der Waals surface area contributed by atoms with Crippen molar-refractivity contribution in [3.8, 4) is 67.5 Å². The van der Waals surface area contributed by atoms with Crippen LogP contribution in [0, 0.1) is 0 Å². The number of furan rings is 1. The molecule has 9 aromatic carbocycles. The van der Waals surface area contributed by atoms with Crippen LogP contribution in [0.25, 0.3) is 111 Å². The van der Waals surface area contributed by atoms with E-state index in [9.17, 15) is 0 Å². The lowest BCUT2D eigenvalue weighted by Gasteiger charge is -2.18. The highest BCUT2D eigenvalue weighted by molar-refractivity contribution is 6.12. The van der Waals surface area contributed by atoms with Crippen molar-refractivity contribution in [3.05, 3.63) is 200 Å². The Kier molecular flexibility index (Phi) is 7.78. The molecule has 0 N–H and O–H groups in total. The summed E-state index contributed by atoms with van der Waals surface area (Å²) in [7, 11) is 0. The number of nitrogens with zero attached hydrogens (tertiary/aromatic N) is 3. The Hall–Kier alpha value is -7.69. The number of hydrogen-bond acceptors (Lipinski definition) is 4. The second-order valence-electron chi connectivity index (χ2n) is 14.3. The Balaban J connectivity index is 1.07. The molecule has 11 aromatic rings. The molecule has 0 fully saturated rings. The summed E-state index contributed by atoms with van der Waals surface area (Å²) >= 11 is 0. The molecule has 0 atom stereocenters. The van der Waals surface area contributed by atoms with Crippen LogP contribution in [0.4, 0.5) is 0 Å². The van der Waals surface area contributed by atoms with Gasteiger partial charge >= 0.3 is 0 Å². The van der Waals surface area contributed by atoms with Gasteiger partial charge in [-0.15, -0.1) is 0 Å². The molecule has 0 aliphatic heterocycles. The van der Waals surface area contributed by atoms with E-state index in [2.05, 4.69) is 140 Å². The van der Waals surface area contributed by atoms with Crippen molar-refractivity contribution < 1.29 is 4.42 Å². The molecule has 4 nitrogen and oxygen atoms in total. The summed E-state index contributed by atoms with van der Waals surface area (Å²) in [6.45, 7) is 0. The molecule has 0 saturated carbocycles. The molecule has 0 unspecified atom stereocenters. The van der Waals surface area contributed by atoms with Crippen molar-refractivity contribution in [2.24, 2.45) is 0 Å². The molecule has 4 heteroatoms. The standard InChI is InChI=1S/C53H33N3O/c1-3-14-34(15-4-1)39-32-33-43(42-21-10-9-20-41(39)42)45-31-30-35-16-7-8-19-40(35)49(45)36-26-28-38(29-27-36)52-54-51(37-17-5-2-6-18-37)55-53(56-52)47-24-13-23-46-44-22-11-12-25-48(44)57-50(46)47/h1-33H. The minimum atomic E-state index is 0.565. The fraction of sp³-hybridized carbons (Fsp3) is 0. The fourth-order valence-electron chi connectivity index (χ4n) is 8.26. The average molecular weight is 728 g/mol. The van der Waals surface area contributed by atoms with Crippen molar-refractivity contribution in [1.29, 1.82) is 0 Å². The van der Waals surface area contributed by atoms with Gasteiger partial charge < -0.3 is 4.42 Å². The molecule has 0 amide bonds. The third-order valence-corrected chi connectivity index (χ3v) is 11.0. The SMILES string of the molecule is c1ccc(-c2nc(-c3ccc(-c4c(-c5ccc(-c6ccccc6)c6ccccc56)ccc5ccccc45)cc3)nc(-c3cccc4c3oc3ccccc34)n2)cc1. The lowest BCUT2D eigenvalue weighted by Crippen LogP contribution is -2.00. The zero-order valence-electron chi connectivity index (χ0n) is 30.8. The third kappa shape index (κ3) is 5.66. The lowest BCUT2D eigenvalue weighted by atomic mass is 9.86. The Labute approximate surface area is 329 Å². The van der Waals surface area contributed by atoms with Crippen LogP contribution < -0.4 is 0 Å². The molecule has 57 heavy (non-hydrogen) atoms. The Morgan fingerprint density at radius 3 is 1.56 bits per heavy atom. The van der Waals surface area contributed by atoms with Gasteiger partial charge in [-0.05, 0) is 67.1 Å². The van der Waals surface area contributed by atoms with E-state index >= 15 is 0 Å². The molecule has 0 radical (unpaired) electrons. The van der Waals surface area contributed by atoms with Crippen molar-refractivity contribution in [2.45, 2.75) is 0 Å². The van der Waals surface area contributed by atoms with Crippen LogP contribution in [0.5, 0.6) is 0 Å². The Morgan fingerprint density at radius 2 is 0.807 bits per heavy atom. The number of rotatable bonds is 6. The molecule has 2 aromatic heterocycles. The van der Waals surface area contributed by atoms with Crippen LogP contribution in [-0.2, 0) is 0 Å². The second-order valence-corrected chi connectivity index (χ2v) is 14.3. The van der Waals surface area contributed by atoms with Crippen molar-refractivity contribution >= 4 is 43.5 Å². The van der Waals surface area contributed by atoms with Gasteiger partial charge in [0.2, 0.25) is 0 Å². The third-order valence-electron chi connectivity index (χ3n) is 11.0. The van der Waals surface area contributed by atoms with Crippen molar-refractivity contribution in [3.63, 3.8) is 0 Å². The van der Waals surface area contributed by atoms with Crippen molar-refractivity contribution in [2.75, 3.05) is 0 Å². The van der Waals surface area contributed by atoms with E-state index in [0.29, 0.717) is 17.5 Å². The van der Waals surface area contributed by atoms with E-state index in [-0.39, 0.29) is 0 Å². The maximum atomic E-state index is 6.43. The summed E-state index contributed by atoms with van der Waals surface area (Å²) in [5.41, 5.74) is 11.4.